The van der Waals surface area contributed by atoms with E-state index in [0.29, 0.717) is 56.3 Å². The van der Waals surface area contributed by atoms with E-state index in [9.17, 15) is 8.42 Å². The number of hydrogen-bond donors (Lipinski definition) is 0. The number of methoxy groups -OCH3 is 1. The Morgan fingerprint density at radius 3 is 2.41 bits per heavy atom. The molecule has 0 N–H and O–H groups in total. The first-order valence-electron chi connectivity index (χ1n) is 10.5. The van der Waals surface area contributed by atoms with Crippen LogP contribution in [-0.2, 0) is 10.0 Å². The average molecular weight is 564 g/mol. The highest BCUT2D eigenvalue weighted by Gasteiger charge is 2.30. The molecule has 0 saturated heterocycles. The molecular formula is C25H24BrClN2O4S. The molecule has 1 aromatic heterocycles. The van der Waals surface area contributed by atoms with Crippen LogP contribution >= 0.6 is 27.5 Å². The topological polar surface area (TPSA) is 60.8 Å². The summed E-state index contributed by atoms with van der Waals surface area (Å²) in [5, 5.41) is 1.09. The Hall–Kier alpha value is -2.52. The highest BCUT2D eigenvalue weighted by molar-refractivity contribution is 9.10. The molecule has 0 spiro atoms. The Balaban J connectivity index is 2.05. The number of hydrogen-bond acceptors (Lipinski definition) is 5. The molecule has 0 atom stereocenters. The van der Waals surface area contributed by atoms with Gasteiger partial charge in [0.15, 0.2) is 5.75 Å². The van der Waals surface area contributed by atoms with Gasteiger partial charge in [-0.25, -0.2) is 12.4 Å². The Morgan fingerprint density at radius 1 is 1.03 bits per heavy atom. The van der Waals surface area contributed by atoms with Gasteiger partial charge in [-0.3, -0.25) is 0 Å². The van der Waals surface area contributed by atoms with Crippen molar-refractivity contribution in [3.63, 3.8) is 0 Å². The molecule has 34 heavy (non-hydrogen) atoms. The van der Waals surface area contributed by atoms with Crippen LogP contribution in [0.3, 0.4) is 0 Å². The molecule has 0 aliphatic carbocycles. The van der Waals surface area contributed by atoms with Crippen LogP contribution in [0.25, 0.3) is 22.2 Å². The number of ether oxygens (including phenoxy) is 2. The maximum atomic E-state index is 14.2. The fraction of sp³-hybridized carbons (Fsp3) is 0.200. The zero-order chi connectivity index (χ0) is 24.5. The number of likely N-dealkylation sites (N-methyl/N-ethyl adjacent to an activating group) is 1. The molecule has 1 heterocycles. The number of benzene rings is 3. The molecule has 0 fully saturated rings. The van der Waals surface area contributed by atoms with Crippen LogP contribution in [-0.4, -0.2) is 51.6 Å². The summed E-state index contributed by atoms with van der Waals surface area (Å²) in [7, 11) is 1.37. The highest BCUT2D eigenvalue weighted by Crippen LogP contribution is 2.44. The van der Waals surface area contributed by atoms with E-state index in [1.54, 1.807) is 30.3 Å². The quantitative estimate of drug-likeness (QED) is 0.267. The van der Waals surface area contributed by atoms with Crippen molar-refractivity contribution in [2.24, 2.45) is 0 Å². The monoisotopic (exact) mass is 562 g/mol. The van der Waals surface area contributed by atoms with Gasteiger partial charge < -0.3 is 14.4 Å². The maximum absolute atomic E-state index is 14.2. The summed E-state index contributed by atoms with van der Waals surface area (Å²) in [5.41, 5.74) is 1.59. The smallest absolute Gasteiger partial charge is 0.269 e. The molecule has 178 valence electrons. The number of aromatic nitrogens is 1. The molecule has 6 nitrogen and oxygen atoms in total. The number of rotatable bonds is 8. The van der Waals surface area contributed by atoms with E-state index >= 15 is 0 Å². The predicted octanol–water partition coefficient (Wildman–Crippen LogP) is 5.91. The first-order valence-corrected chi connectivity index (χ1v) is 13.1. The minimum Gasteiger partial charge on any atom is -0.497 e. The molecule has 3 aromatic carbocycles. The predicted molar refractivity (Wildman–Crippen MR) is 140 cm³/mol. The van der Waals surface area contributed by atoms with Gasteiger partial charge >= 0.3 is 0 Å². The molecule has 0 aliphatic heterocycles. The molecule has 4 aromatic rings. The fourth-order valence-corrected chi connectivity index (χ4v) is 6.41. The SMILES string of the molecule is COc1ccc(S(=O)(=O)n2c(-c3ccccc3)c(OCCN(C)C)c3ccc(Cl)cc32)c(Br)c1. The second-order valence-corrected chi connectivity index (χ2v) is 11.0. The van der Waals surface area contributed by atoms with Crippen LogP contribution in [0.15, 0.2) is 76.1 Å². The van der Waals surface area contributed by atoms with Crippen molar-refractivity contribution >= 4 is 48.5 Å². The van der Waals surface area contributed by atoms with Crippen LogP contribution in [0.4, 0.5) is 0 Å². The third-order valence-electron chi connectivity index (χ3n) is 5.33. The van der Waals surface area contributed by atoms with Crippen molar-refractivity contribution in [3.8, 4) is 22.8 Å². The second-order valence-electron chi connectivity index (χ2n) is 7.92. The number of halogens is 2. The Bertz CT molecular complexity index is 1440. The first-order chi connectivity index (χ1) is 16.2. The van der Waals surface area contributed by atoms with Crippen LogP contribution in [0.5, 0.6) is 11.5 Å². The van der Waals surface area contributed by atoms with Crippen molar-refractivity contribution in [1.29, 1.82) is 0 Å². The molecule has 4 rings (SSSR count). The van der Waals surface area contributed by atoms with Gasteiger partial charge in [-0.15, -0.1) is 0 Å². The largest absolute Gasteiger partial charge is 0.497 e. The number of nitrogens with zero attached hydrogens (tertiary/aromatic N) is 2. The van der Waals surface area contributed by atoms with Gasteiger partial charge in [-0.05, 0) is 66.4 Å². The van der Waals surface area contributed by atoms with E-state index in [-0.39, 0.29) is 4.90 Å². The summed E-state index contributed by atoms with van der Waals surface area (Å²) < 4.78 is 41.5. The van der Waals surface area contributed by atoms with Crippen LogP contribution in [0.2, 0.25) is 5.02 Å². The van der Waals surface area contributed by atoms with Crippen LogP contribution < -0.4 is 9.47 Å². The lowest BCUT2D eigenvalue weighted by Crippen LogP contribution is -2.20. The van der Waals surface area contributed by atoms with Crippen molar-refractivity contribution in [2.45, 2.75) is 4.90 Å². The molecule has 9 heteroatoms. The summed E-state index contributed by atoms with van der Waals surface area (Å²) >= 11 is 9.74. The normalized spacial score (nSPS) is 11.8. The Morgan fingerprint density at radius 2 is 1.76 bits per heavy atom. The lowest BCUT2D eigenvalue weighted by atomic mass is 10.1. The van der Waals surface area contributed by atoms with E-state index < -0.39 is 10.0 Å². The van der Waals surface area contributed by atoms with Gasteiger partial charge in [0, 0.05) is 27.0 Å². The second kappa shape index (κ2) is 10.00. The summed E-state index contributed by atoms with van der Waals surface area (Å²) in [5.74, 6) is 1.04. The standard InChI is InChI=1S/C25H24BrClN2O4S/c1-28(2)13-14-33-25-20-11-9-18(27)15-22(20)29(24(25)17-7-5-4-6-8-17)34(30,31)23-12-10-19(32-3)16-21(23)26/h4-12,15-16H,13-14H2,1-3H3. The van der Waals surface area contributed by atoms with Gasteiger partial charge in [0.1, 0.15) is 22.9 Å². The van der Waals surface area contributed by atoms with E-state index in [4.69, 9.17) is 21.1 Å². The van der Waals surface area contributed by atoms with Crippen molar-refractivity contribution in [3.05, 3.63) is 76.2 Å². The molecule has 0 aliphatic rings. The minimum atomic E-state index is -4.07. The van der Waals surface area contributed by atoms with Crippen molar-refractivity contribution < 1.29 is 17.9 Å². The van der Waals surface area contributed by atoms with Crippen LogP contribution in [0.1, 0.15) is 0 Å². The Kier molecular flexibility index (Phi) is 7.23. The molecule has 0 saturated carbocycles. The van der Waals surface area contributed by atoms with Gasteiger partial charge in [0.05, 0.1) is 12.6 Å². The molecule has 0 bridgehead atoms. The molecule has 0 radical (unpaired) electrons. The van der Waals surface area contributed by atoms with E-state index in [0.717, 1.165) is 0 Å². The van der Waals surface area contributed by atoms with E-state index in [2.05, 4.69) is 15.9 Å². The fourth-order valence-electron chi connectivity index (χ4n) is 3.69. The van der Waals surface area contributed by atoms with Gasteiger partial charge in [-0.1, -0.05) is 41.9 Å². The number of fused-ring (bicyclic) bond motifs is 1. The lowest BCUT2D eigenvalue weighted by molar-refractivity contribution is 0.264. The van der Waals surface area contributed by atoms with E-state index in [1.807, 2.05) is 49.3 Å². The third kappa shape index (κ3) is 4.68. The molecule has 0 amide bonds. The lowest BCUT2D eigenvalue weighted by Gasteiger charge is -2.16. The Labute approximate surface area is 212 Å². The summed E-state index contributed by atoms with van der Waals surface area (Å²) in [6.07, 6.45) is 0. The highest BCUT2D eigenvalue weighted by atomic mass is 79.9. The summed E-state index contributed by atoms with van der Waals surface area (Å²) in [6, 6.07) is 19.3. The zero-order valence-electron chi connectivity index (χ0n) is 19.0. The average Bonchev–Trinajstić information content (AvgIpc) is 3.13. The molecular weight excluding hydrogens is 540 g/mol. The van der Waals surface area contributed by atoms with Crippen molar-refractivity contribution in [2.75, 3.05) is 34.4 Å². The van der Waals surface area contributed by atoms with Crippen molar-refractivity contribution in [1.82, 2.24) is 8.87 Å². The van der Waals surface area contributed by atoms with Crippen LogP contribution in [0, 0.1) is 0 Å². The third-order valence-corrected chi connectivity index (χ3v) is 8.26. The summed E-state index contributed by atoms with van der Waals surface area (Å²) in [4.78, 5) is 2.10. The maximum Gasteiger partial charge on any atom is 0.269 e. The minimum absolute atomic E-state index is 0.0993. The zero-order valence-corrected chi connectivity index (χ0v) is 22.1. The van der Waals surface area contributed by atoms with Gasteiger partial charge in [0.25, 0.3) is 10.0 Å². The van der Waals surface area contributed by atoms with E-state index in [1.165, 1.54) is 17.1 Å². The summed E-state index contributed by atoms with van der Waals surface area (Å²) in [6.45, 7) is 1.06. The van der Waals surface area contributed by atoms with Gasteiger partial charge in [0.2, 0.25) is 0 Å². The first kappa shape index (κ1) is 24.6. The molecule has 0 unspecified atom stereocenters. The van der Waals surface area contributed by atoms with Gasteiger partial charge in [-0.2, -0.15) is 0 Å².